The monoisotopic (exact) mass is 283 g/mol. The maximum Gasteiger partial charge on any atom is 0.295 e. The summed E-state index contributed by atoms with van der Waals surface area (Å²) < 4.78 is 12.8. The molecule has 21 heavy (non-hydrogen) atoms. The first-order valence-electron chi connectivity index (χ1n) is 6.16. The normalized spacial score (nSPS) is 11.3. The van der Waals surface area contributed by atoms with Crippen LogP contribution in [0.2, 0.25) is 0 Å². The van der Waals surface area contributed by atoms with Crippen LogP contribution in [0.4, 0.5) is 10.1 Å². The van der Waals surface area contributed by atoms with Crippen molar-refractivity contribution in [2.45, 2.75) is 0 Å². The number of aromatic nitrogens is 1. The van der Waals surface area contributed by atoms with Crippen LogP contribution >= 0.6 is 0 Å². The zero-order valence-corrected chi connectivity index (χ0v) is 10.7. The van der Waals surface area contributed by atoms with Crippen LogP contribution in [-0.2, 0) is 0 Å². The first-order valence-corrected chi connectivity index (χ1v) is 6.16. The van der Waals surface area contributed by atoms with Gasteiger partial charge in [-0.15, -0.1) is 10.2 Å². The van der Waals surface area contributed by atoms with E-state index < -0.39 is 11.7 Å². The van der Waals surface area contributed by atoms with E-state index in [1.807, 2.05) is 6.07 Å². The lowest BCUT2D eigenvalue weighted by molar-refractivity contribution is 0.0995. The Kier molecular flexibility index (Phi) is 3.19. The van der Waals surface area contributed by atoms with Gasteiger partial charge in [0.1, 0.15) is 5.82 Å². The molecule has 6 heteroatoms. The average molecular weight is 283 g/mol. The summed E-state index contributed by atoms with van der Waals surface area (Å²) in [6.45, 7) is 0. The van der Waals surface area contributed by atoms with E-state index in [0.29, 0.717) is 10.9 Å². The van der Waals surface area contributed by atoms with E-state index in [1.165, 1.54) is 24.3 Å². The molecule has 0 unspecified atom stereocenters. The van der Waals surface area contributed by atoms with E-state index in [2.05, 4.69) is 15.2 Å². The number of rotatable bonds is 2. The summed E-state index contributed by atoms with van der Waals surface area (Å²) in [6, 6.07) is 12.1. The highest BCUT2D eigenvalue weighted by molar-refractivity contribution is 5.96. The Morgan fingerprint density at radius 1 is 1.10 bits per heavy atom. The van der Waals surface area contributed by atoms with Crippen LogP contribution in [0.3, 0.4) is 0 Å². The van der Waals surface area contributed by atoms with Crippen molar-refractivity contribution in [3.8, 4) is 5.88 Å². The standard InChI is InChI=1S/C15H10FN3O2/c16-10-7-5-9(6-8-10)14(20)19-18-13-11-3-1-2-4-12(11)17-15(13)21/h1-8,17,21H. The molecule has 3 aromatic rings. The summed E-state index contributed by atoms with van der Waals surface area (Å²) in [5, 5.41) is 17.8. The van der Waals surface area contributed by atoms with Gasteiger partial charge in [0.2, 0.25) is 5.88 Å². The highest BCUT2D eigenvalue weighted by Crippen LogP contribution is 2.35. The second kappa shape index (κ2) is 5.16. The highest BCUT2D eigenvalue weighted by Gasteiger charge is 2.10. The van der Waals surface area contributed by atoms with Crippen molar-refractivity contribution in [2.24, 2.45) is 10.2 Å². The number of halogens is 1. The molecule has 0 aliphatic rings. The zero-order chi connectivity index (χ0) is 14.8. The molecule has 0 radical (unpaired) electrons. The Hall–Kier alpha value is -3.02. The molecule has 1 heterocycles. The van der Waals surface area contributed by atoms with Crippen LogP contribution in [0.15, 0.2) is 58.8 Å². The number of carbonyl (C=O) groups excluding carboxylic acids is 1. The van der Waals surface area contributed by atoms with Crippen LogP contribution < -0.4 is 0 Å². The summed E-state index contributed by atoms with van der Waals surface area (Å²) >= 11 is 0. The van der Waals surface area contributed by atoms with Gasteiger partial charge in [-0.05, 0) is 30.3 Å². The molecule has 0 bridgehead atoms. The van der Waals surface area contributed by atoms with Crippen molar-refractivity contribution in [2.75, 3.05) is 0 Å². The number of nitrogens with one attached hydrogen (secondary N) is 1. The van der Waals surface area contributed by atoms with Crippen LogP contribution in [0.5, 0.6) is 5.88 Å². The third kappa shape index (κ3) is 2.51. The predicted molar refractivity (Wildman–Crippen MR) is 75.2 cm³/mol. The molecule has 0 saturated carbocycles. The van der Waals surface area contributed by atoms with Crippen molar-refractivity contribution in [3.63, 3.8) is 0 Å². The topological polar surface area (TPSA) is 77.8 Å². The number of para-hydroxylation sites is 1. The number of hydrogen-bond donors (Lipinski definition) is 2. The Morgan fingerprint density at radius 2 is 1.81 bits per heavy atom. The fourth-order valence-corrected chi connectivity index (χ4v) is 1.96. The van der Waals surface area contributed by atoms with Gasteiger partial charge < -0.3 is 10.1 Å². The molecule has 5 nitrogen and oxygen atoms in total. The lowest BCUT2D eigenvalue weighted by Gasteiger charge is -1.94. The number of carbonyl (C=O) groups is 1. The number of aromatic amines is 1. The summed E-state index contributed by atoms with van der Waals surface area (Å²) in [5.41, 5.74) is 1.11. The van der Waals surface area contributed by atoms with Gasteiger partial charge in [0.25, 0.3) is 5.91 Å². The van der Waals surface area contributed by atoms with Crippen molar-refractivity contribution in [1.29, 1.82) is 0 Å². The molecule has 1 aromatic heterocycles. The highest BCUT2D eigenvalue weighted by atomic mass is 19.1. The largest absolute Gasteiger partial charge is 0.493 e. The van der Waals surface area contributed by atoms with Gasteiger partial charge in [-0.2, -0.15) is 0 Å². The number of hydrogen-bond acceptors (Lipinski definition) is 3. The third-order valence-corrected chi connectivity index (χ3v) is 2.99. The van der Waals surface area contributed by atoms with Gasteiger partial charge >= 0.3 is 0 Å². The minimum atomic E-state index is -0.611. The van der Waals surface area contributed by atoms with E-state index in [1.54, 1.807) is 18.2 Å². The van der Waals surface area contributed by atoms with Gasteiger partial charge in [0, 0.05) is 10.9 Å². The first-order chi connectivity index (χ1) is 10.1. The molecular weight excluding hydrogens is 273 g/mol. The van der Waals surface area contributed by atoms with Gasteiger partial charge in [-0.1, -0.05) is 18.2 Å². The molecule has 0 spiro atoms. The van der Waals surface area contributed by atoms with Crippen molar-refractivity contribution < 1.29 is 14.3 Å². The second-order valence-electron chi connectivity index (χ2n) is 4.38. The number of fused-ring (bicyclic) bond motifs is 1. The van der Waals surface area contributed by atoms with E-state index in [0.717, 1.165) is 0 Å². The Bertz CT molecular complexity index is 838. The van der Waals surface area contributed by atoms with Crippen LogP contribution in [0.25, 0.3) is 10.9 Å². The van der Waals surface area contributed by atoms with Crippen molar-refractivity contribution >= 4 is 22.5 Å². The SMILES string of the molecule is O=C(N=Nc1c(O)[nH]c2ccccc12)c1ccc(F)cc1. The molecule has 0 saturated heterocycles. The lowest BCUT2D eigenvalue weighted by Crippen LogP contribution is -1.93. The summed E-state index contributed by atoms with van der Waals surface area (Å²) in [6.07, 6.45) is 0. The molecule has 2 N–H and O–H groups in total. The lowest BCUT2D eigenvalue weighted by atomic mass is 10.2. The maximum atomic E-state index is 12.8. The Labute approximate surface area is 118 Å². The molecule has 0 aliphatic carbocycles. The zero-order valence-electron chi connectivity index (χ0n) is 10.7. The minimum absolute atomic E-state index is 0.160. The minimum Gasteiger partial charge on any atom is -0.493 e. The van der Waals surface area contributed by atoms with Crippen LogP contribution in [-0.4, -0.2) is 16.0 Å². The molecular formula is C15H10FN3O2. The molecule has 104 valence electrons. The van der Waals surface area contributed by atoms with Crippen LogP contribution in [0, 0.1) is 5.82 Å². The van der Waals surface area contributed by atoms with Gasteiger partial charge in [-0.3, -0.25) is 4.79 Å². The molecule has 0 aliphatic heterocycles. The number of amides is 1. The van der Waals surface area contributed by atoms with Crippen LogP contribution in [0.1, 0.15) is 10.4 Å². The summed E-state index contributed by atoms with van der Waals surface area (Å²) in [7, 11) is 0. The van der Waals surface area contributed by atoms with E-state index in [-0.39, 0.29) is 17.1 Å². The smallest absolute Gasteiger partial charge is 0.295 e. The quantitative estimate of drug-likeness (QED) is 0.699. The Morgan fingerprint density at radius 3 is 2.57 bits per heavy atom. The first kappa shape index (κ1) is 13.0. The molecule has 0 atom stereocenters. The van der Waals surface area contributed by atoms with Gasteiger partial charge in [-0.25, -0.2) is 4.39 Å². The number of nitrogens with zero attached hydrogens (tertiary/aromatic N) is 2. The van der Waals surface area contributed by atoms with E-state index >= 15 is 0 Å². The van der Waals surface area contributed by atoms with Crippen molar-refractivity contribution in [3.05, 3.63) is 59.9 Å². The number of benzene rings is 2. The fourth-order valence-electron chi connectivity index (χ4n) is 1.96. The molecule has 2 aromatic carbocycles. The summed E-state index contributed by atoms with van der Waals surface area (Å²) in [5.74, 6) is -1.20. The number of azo groups is 1. The summed E-state index contributed by atoms with van der Waals surface area (Å²) in [4.78, 5) is 14.6. The van der Waals surface area contributed by atoms with Crippen molar-refractivity contribution in [1.82, 2.24) is 4.98 Å². The maximum absolute atomic E-state index is 12.8. The Balaban J connectivity index is 1.92. The number of H-pyrrole nitrogens is 1. The molecule has 0 fully saturated rings. The van der Waals surface area contributed by atoms with E-state index in [4.69, 9.17) is 0 Å². The average Bonchev–Trinajstić information content (AvgIpc) is 2.81. The molecule has 1 amide bonds. The fraction of sp³-hybridized carbons (Fsp3) is 0. The number of aromatic hydroxyl groups is 1. The van der Waals surface area contributed by atoms with E-state index in [9.17, 15) is 14.3 Å². The third-order valence-electron chi connectivity index (χ3n) is 2.99. The van der Waals surface area contributed by atoms with Gasteiger partial charge in [0.05, 0.1) is 5.52 Å². The molecule has 3 rings (SSSR count). The predicted octanol–water partition coefficient (Wildman–Crippen LogP) is 3.94. The van der Waals surface area contributed by atoms with Gasteiger partial charge in [0.15, 0.2) is 5.69 Å². The second-order valence-corrected chi connectivity index (χ2v) is 4.38.